The van der Waals surface area contributed by atoms with Gasteiger partial charge in [0.2, 0.25) is 11.7 Å². The van der Waals surface area contributed by atoms with E-state index < -0.39 is 0 Å². The lowest BCUT2D eigenvalue weighted by Gasteiger charge is -2.33. The number of hydrogen-bond donors (Lipinski definition) is 1. The topological polar surface area (TPSA) is 74.2 Å². The van der Waals surface area contributed by atoms with Gasteiger partial charge in [0.15, 0.2) is 0 Å². The Morgan fingerprint density at radius 3 is 2.43 bits per heavy atom. The molecule has 0 bridgehead atoms. The molecule has 2 aliphatic carbocycles. The number of nitrogens with zero attached hydrogens (tertiary/aromatic N) is 2. The van der Waals surface area contributed by atoms with Crippen molar-refractivity contribution in [1.29, 1.82) is 0 Å². The number of nitrogens with two attached hydrogens (primary N) is 1. The van der Waals surface area contributed by atoms with Crippen LogP contribution in [0, 0.1) is 0 Å². The van der Waals surface area contributed by atoms with Crippen LogP contribution in [0.15, 0.2) is 4.52 Å². The Morgan fingerprint density at radius 1 is 1.10 bits per heavy atom. The smallest absolute Gasteiger partial charge is 0.228 e. The molecule has 2 aliphatic rings. The molecule has 1 aromatic rings. The summed E-state index contributed by atoms with van der Waals surface area (Å²) in [7, 11) is 0. The van der Waals surface area contributed by atoms with Crippen molar-refractivity contribution in [3.8, 4) is 0 Å². The lowest BCUT2D eigenvalue weighted by atomic mass is 9.84. The molecule has 1 heterocycles. The van der Waals surface area contributed by atoms with Crippen molar-refractivity contribution in [3.63, 3.8) is 0 Å². The van der Waals surface area contributed by atoms with Crippen LogP contribution in [0.5, 0.6) is 0 Å². The Balaban J connectivity index is 1.76. The molecular formula is C16H27N3O2. The molecule has 1 aromatic heterocycles. The SMILES string of the molecule is CCOC1(c2noc(CC3(N)CCCC3)n2)CCCCC1. The van der Waals surface area contributed by atoms with Crippen LogP contribution in [0.1, 0.15) is 76.4 Å². The number of rotatable bonds is 5. The van der Waals surface area contributed by atoms with E-state index in [-0.39, 0.29) is 11.1 Å². The van der Waals surface area contributed by atoms with E-state index in [1.807, 2.05) is 6.92 Å². The monoisotopic (exact) mass is 293 g/mol. The second-order valence-electron chi connectivity index (χ2n) is 6.75. The van der Waals surface area contributed by atoms with E-state index in [1.54, 1.807) is 0 Å². The van der Waals surface area contributed by atoms with Gasteiger partial charge in [0.25, 0.3) is 0 Å². The van der Waals surface area contributed by atoms with Gasteiger partial charge in [0.1, 0.15) is 5.60 Å². The first-order valence-corrected chi connectivity index (χ1v) is 8.42. The van der Waals surface area contributed by atoms with Crippen LogP contribution in [0.4, 0.5) is 0 Å². The van der Waals surface area contributed by atoms with Gasteiger partial charge in [0, 0.05) is 18.6 Å². The molecule has 118 valence electrons. The zero-order valence-corrected chi connectivity index (χ0v) is 13.1. The predicted octanol–water partition coefficient (Wildman–Crippen LogP) is 3.08. The minimum absolute atomic E-state index is 0.144. The van der Waals surface area contributed by atoms with Crippen LogP contribution in [-0.2, 0) is 16.8 Å². The maximum atomic E-state index is 6.41. The van der Waals surface area contributed by atoms with Crippen LogP contribution in [0.3, 0.4) is 0 Å². The third-order valence-corrected chi connectivity index (χ3v) is 5.06. The van der Waals surface area contributed by atoms with Crippen LogP contribution >= 0.6 is 0 Å². The molecular weight excluding hydrogens is 266 g/mol. The Bertz CT molecular complexity index is 454. The van der Waals surface area contributed by atoms with Crippen molar-refractivity contribution in [3.05, 3.63) is 11.7 Å². The van der Waals surface area contributed by atoms with E-state index in [0.29, 0.717) is 18.9 Å². The van der Waals surface area contributed by atoms with E-state index >= 15 is 0 Å². The largest absolute Gasteiger partial charge is 0.367 e. The maximum Gasteiger partial charge on any atom is 0.228 e. The summed E-state index contributed by atoms with van der Waals surface area (Å²) in [6.07, 6.45) is 10.8. The average molecular weight is 293 g/mol. The molecule has 21 heavy (non-hydrogen) atoms. The predicted molar refractivity (Wildman–Crippen MR) is 79.8 cm³/mol. The van der Waals surface area contributed by atoms with E-state index in [2.05, 4.69) is 10.1 Å². The minimum atomic E-state index is -0.327. The molecule has 0 unspecified atom stereocenters. The molecule has 2 saturated carbocycles. The molecule has 2 fully saturated rings. The fourth-order valence-corrected chi connectivity index (χ4v) is 3.90. The first kappa shape index (κ1) is 15.0. The quantitative estimate of drug-likeness (QED) is 0.903. The molecule has 5 nitrogen and oxygen atoms in total. The average Bonchev–Trinajstić information content (AvgIpc) is 3.10. The fraction of sp³-hybridized carbons (Fsp3) is 0.875. The van der Waals surface area contributed by atoms with Gasteiger partial charge in [-0.2, -0.15) is 4.98 Å². The third kappa shape index (κ3) is 3.14. The maximum absolute atomic E-state index is 6.41. The summed E-state index contributed by atoms with van der Waals surface area (Å²) in [4.78, 5) is 4.65. The third-order valence-electron chi connectivity index (χ3n) is 5.06. The zero-order valence-electron chi connectivity index (χ0n) is 13.1. The van der Waals surface area contributed by atoms with Crippen molar-refractivity contribution >= 4 is 0 Å². The molecule has 2 N–H and O–H groups in total. The Hall–Kier alpha value is -0.940. The highest BCUT2D eigenvalue weighted by Gasteiger charge is 2.40. The summed E-state index contributed by atoms with van der Waals surface area (Å²) < 4.78 is 11.5. The van der Waals surface area contributed by atoms with E-state index in [4.69, 9.17) is 15.0 Å². The summed E-state index contributed by atoms with van der Waals surface area (Å²) in [5.74, 6) is 1.42. The molecule has 3 rings (SSSR count). The van der Waals surface area contributed by atoms with Crippen molar-refractivity contribution in [1.82, 2.24) is 10.1 Å². The van der Waals surface area contributed by atoms with Gasteiger partial charge in [-0.25, -0.2) is 0 Å². The van der Waals surface area contributed by atoms with Crippen molar-refractivity contribution in [2.75, 3.05) is 6.61 Å². The summed E-state index contributed by atoms with van der Waals surface area (Å²) in [6, 6.07) is 0. The van der Waals surface area contributed by atoms with E-state index in [9.17, 15) is 0 Å². The zero-order chi connectivity index (χ0) is 14.8. The first-order valence-electron chi connectivity index (χ1n) is 8.42. The van der Waals surface area contributed by atoms with E-state index in [0.717, 1.165) is 31.5 Å². The summed E-state index contributed by atoms with van der Waals surface area (Å²) in [6.45, 7) is 2.72. The summed E-state index contributed by atoms with van der Waals surface area (Å²) in [5.41, 5.74) is 5.94. The van der Waals surface area contributed by atoms with Crippen molar-refractivity contribution in [2.45, 2.75) is 82.3 Å². The molecule has 0 saturated heterocycles. The van der Waals surface area contributed by atoms with E-state index in [1.165, 1.54) is 32.1 Å². The van der Waals surface area contributed by atoms with Gasteiger partial charge in [-0.3, -0.25) is 0 Å². The van der Waals surface area contributed by atoms with Crippen LogP contribution in [-0.4, -0.2) is 22.3 Å². The summed E-state index contributed by atoms with van der Waals surface area (Å²) >= 11 is 0. The molecule has 0 aliphatic heterocycles. The van der Waals surface area contributed by atoms with Crippen LogP contribution in [0.25, 0.3) is 0 Å². The van der Waals surface area contributed by atoms with Crippen LogP contribution in [0.2, 0.25) is 0 Å². The van der Waals surface area contributed by atoms with Crippen molar-refractivity contribution in [2.24, 2.45) is 5.73 Å². The van der Waals surface area contributed by atoms with Gasteiger partial charge < -0.3 is 15.0 Å². The molecule has 0 atom stereocenters. The van der Waals surface area contributed by atoms with Crippen LogP contribution < -0.4 is 5.73 Å². The minimum Gasteiger partial charge on any atom is -0.367 e. The van der Waals surface area contributed by atoms with Gasteiger partial charge in [-0.15, -0.1) is 0 Å². The number of hydrogen-bond acceptors (Lipinski definition) is 5. The highest BCUT2D eigenvalue weighted by atomic mass is 16.5. The lowest BCUT2D eigenvalue weighted by Crippen LogP contribution is -2.39. The highest BCUT2D eigenvalue weighted by Crippen LogP contribution is 2.39. The van der Waals surface area contributed by atoms with Crippen molar-refractivity contribution < 1.29 is 9.26 Å². The second-order valence-corrected chi connectivity index (χ2v) is 6.75. The fourth-order valence-electron chi connectivity index (χ4n) is 3.90. The Morgan fingerprint density at radius 2 is 1.76 bits per heavy atom. The van der Waals surface area contributed by atoms with Gasteiger partial charge in [0.05, 0.1) is 0 Å². The number of aromatic nitrogens is 2. The molecule has 0 amide bonds. The first-order chi connectivity index (χ1) is 10.2. The van der Waals surface area contributed by atoms with Gasteiger partial charge in [-0.1, -0.05) is 37.3 Å². The second kappa shape index (κ2) is 6.05. The number of ether oxygens (including phenoxy) is 1. The molecule has 0 aromatic carbocycles. The summed E-state index contributed by atoms with van der Waals surface area (Å²) in [5, 5.41) is 4.24. The van der Waals surface area contributed by atoms with Gasteiger partial charge >= 0.3 is 0 Å². The molecule has 5 heteroatoms. The molecule has 0 radical (unpaired) electrons. The lowest BCUT2D eigenvalue weighted by molar-refractivity contribution is -0.0777. The highest BCUT2D eigenvalue weighted by molar-refractivity contribution is 5.06. The molecule has 0 spiro atoms. The Labute approximate surface area is 126 Å². The standard InChI is InChI=1S/C16H27N3O2/c1-2-20-16(10-4-3-5-11-16)14-18-13(21-19-14)12-15(17)8-6-7-9-15/h2-12,17H2,1H3. The van der Waals surface area contributed by atoms with Gasteiger partial charge in [-0.05, 0) is 32.6 Å². The Kier molecular flexibility index (Phi) is 4.31. The normalized spacial score (nSPS) is 24.3.